The average molecular weight is 260 g/mol. The maximum Gasteiger partial charge on any atom is 0.195 e. The average Bonchev–Trinajstić information content (AvgIpc) is 2.67. The van der Waals surface area contributed by atoms with Gasteiger partial charge in [0, 0.05) is 24.7 Å². The minimum absolute atomic E-state index is 0.515. The molecule has 0 saturated heterocycles. The molecule has 88 valence electrons. The van der Waals surface area contributed by atoms with E-state index in [1.807, 2.05) is 16.0 Å². The first-order chi connectivity index (χ1) is 7.47. The number of aliphatic hydroxyl groups is 1. The molecule has 0 atom stereocenters. The van der Waals surface area contributed by atoms with Gasteiger partial charge in [-0.3, -0.25) is 4.40 Å². The summed E-state index contributed by atoms with van der Waals surface area (Å²) in [5.41, 5.74) is 0.215. The predicted molar refractivity (Wildman–Crippen MR) is 66.1 cm³/mol. The second kappa shape index (κ2) is 4.33. The first kappa shape index (κ1) is 11.9. The first-order valence-corrected chi connectivity index (χ1v) is 6.26. The van der Waals surface area contributed by atoms with Gasteiger partial charge >= 0.3 is 0 Å². The summed E-state index contributed by atoms with van der Waals surface area (Å²) in [6.07, 6.45) is 1.94. The number of hydrogen-bond donors (Lipinski definition) is 2. The molecule has 2 heterocycles. The SMILES string of the molecule is CC(C)(O)CNCc1c(Cl)nc2sccn12. The maximum absolute atomic E-state index is 9.57. The molecule has 2 aromatic rings. The summed E-state index contributed by atoms with van der Waals surface area (Å²) >= 11 is 7.58. The van der Waals surface area contributed by atoms with E-state index in [9.17, 15) is 5.11 Å². The fourth-order valence-corrected chi connectivity index (χ4v) is 2.47. The smallest absolute Gasteiger partial charge is 0.195 e. The summed E-state index contributed by atoms with van der Waals surface area (Å²) in [6, 6.07) is 0. The van der Waals surface area contributed by atoms with Crippen LogP contribution in [0.25, 0.3) is 4.96 Å². The van der Waals surface area contributed by atoms with Crippen LogP contribution in [0, 0.1) is 0 Å². The van der Waals surface area contributed by atoms with Gasteiger partial charge in [-0.15, -0.1) is 11.3 Å². The predicted octanol–water partition coefficient (Wildman–Crippen LogP) is 1.91. The molecule has 0 aliphatic rings. The zero-order chi connectivity index (χ0) is 11.8. The summed E-state index contributed by atoms with van der Waals surface area (Å²) < 4.78 is 1.96. The van der Waals surface area contributed by atoms with Crippen LogP contribution < -0.4 is 5.32 Å². The van der Waals surface area contributed by atoms with E-state index in [4.69, 9.17) is 11.6 Å². The number of fused-ring (bicyclic) bond motifs is 1. The number of imidazole rings is 1. The molecule has 0 saturated carbocycles. The highest BCUT2D eigenvalue weighted by Crippen LogP contribution is 2.21. The lowest BCUT2D eigenvalue weighted by Crippen LogP contribution is -2.34. The maximum atomic E-state index is 9.57. The van der Waals surface area contributed by atoms with Crippen LogP contribution in [0.4, 0.5) is 0 Å². The fourth-order valence-electron chi connectivity index (χ4n) is 1.45. The number of nitrogens with one attached hydrogen (secondary N) is 1. The molecule has 0 aromatic carbocycles. The van der Waals surface area contributed by atoms with Gasteiger partial charge in [0.15, 0.2) is 10.1 Å². The van der Waals surface area contributed by atoms with E-state index >= 15 is 0 Å². The number of rotatable bonds is 4. The Morgan fingerprint density at radius 3 is 3.06 bits per heavy atom. The van der Waals surface area contributed by atoms with Crippen LogP contribution in [0.15, 0.2) is 11.6 Å². The molecule has 2 N–H and O–H groups in total. The van der Waals surface area contributed by atoms with Gasteiger partial charge in [-0.1, -0.05) is 11.6 Å². The van der Waals surface area contributed by atoms with Gasteiger partial charge in [-0.25, -0.2) is 4.98 Å². The van der Waals surface area contributed by atoms with E-state index < -0.39 is 5.60 Å². The largest absolute Gasteiger partial charge is 0.389 e. The van der Waals surface area contributed by atoms with Crippen LogP contribution in [0.2, 0.25) is 5.15 Å². The van der Waals surface area contributed by atoms with Crippen molar-refractivity contribution in [3.63, 3.8) is 0 Å². The highest BCUT2D eigenvalue weighted by atomic mass is 35.5. The van der Waals surface area contributed by atoms with Crippen LogP contribution in [0.1, 0.15) is 19.5 Å². The summed E-state index contributed by atoms with van der Waals surface area (Å²) in [5.74, 6) is 0. The van der Waals surface area contributed by atoms with Crippen molar-refractivity contribution in [3.8, 4) is 0 Å². The number of aromatic nitrogens is 2. The minimum atomic E-state index is -0.717. The van der Waals surface area contributed by atoms with Gasteiger partial charge in [-0.2, -0.15) is 0 Å². The Hall–Kier alpha value is -0.620. The van der Waals surface area contributed by atoms with E-state index in [0.717, 1.165) is 10.7 Å². The highest BCUT2D eigenvalue weighted by molar-refractivity contribution is 7.15. The third-order valence-electron chi connectivity index (χ3n) is 2.16. The molecule has 16 heavy (non-hydrogen) atoms. The van der Waals surface area contributed by atoms with Crippen molar-refractivity contribution in [2.24, 2.45) is 0 Å². The second-order valence-corrected chi connectivity index (χ2v) is 5.55. The molecule has 0 radical (unpaired) electrons. The molecule has 0 amide bonds. The van der Waals surface area contributed by atoms with Crippen molar-refractivity contribution >= 4 is 27.9 Å². The lowest BCUT2D eigenvalue weighted by molar-refractivity contribution is 0.0794. The lowest BCUT2D eigenvalue weighted by Gasteiger charge is -2.17. The molecule has 6 heteroatoms. The number of nitrogens with zero attached hydrogens (tertiary/aromatic N) is 2. The quantitative estimate of drug-likeness (QED) is 0.882. The Balaban J connectivity index is 2.09. The van der Waals surface area contributed by atoms with E-state index in [1.54, 1.807) is 25.2 Å². The molecule has 0 bridgehead atoms. The Morgan fingerprint density at radius 1 is 1.62 bits per heavy atom. The summed E-state index contributed by atoms with van der Waals surface area (Å²) in [4.78, 5) is 5.13. The van der Waals surface area contributed by atoms with Gasteiger partial charge in [0.25, 0.3) is 0 Å². The molecular formula is C10H14ClN3OS. The topological polar surface area (TPSA) is 49.6 Å². The fraction of sp³-hybridized carbons (Fsp3) is 0.500. The van der Waals surface area contributed by atoms with E-state index in [0.29, 0.717) is 18.2 Å². The highest BCUT2D eigenvalue weighted by Gasteiger charge is 2.14. The number of thiazole rings is 1. The number of hydrogen-bond acceptors (Lipinski definition) is 4. The monoisotopic (exact) mass is 259 g/mol. The number of halogens is 1. The van der Waals surface area contributed by atoms with Crippen molar-refractivity contribution in [1.82, 2.24) is 14.7 Å². The van der Waals surface area contributed by atoms with Crippen molar-refractivity contribution in [2.45, 2.75) is 26.0 Å². The molecular weight excluding hydrogens is 246 g/mol. The van der Waals surface area contributed by atoms with Crippen molar-refractivity contribution in [1.29, 1.82) is 0 Å². The van der Waals surface area contributed by atoms with E-state index in [2.05, 4.69) is 10.3 Å². The Kier molecular flexibility index (Phi) is 3.21. The van der Waals surface area contributed by atoms with Gasteiger partial charge in [0.1, 0.15) is 0 Å². The summed E-state index contributed by atoms with van der Waals surface area (Å²) in [6.45, 7) is 4.64. The van der Waals surface area contributed by atoms with Crippen LogP contribution >= 0.6 is 22.9 Å². The van der Waals surface area contributed by atoms with E-state index in [-0.39, 0.29) is 0 Å². The summed E-state index contributed by atoms with van der Waals surface area (Å²) in [5, 5.41) is 15.2. The molecule has 0 unspecified atom stereocenters. The molecule has 2 rings (SSSR count). The molecule has 0 fully saturated rings. The van der Waals surface area contributed by atoms with Gasteiger partial charge in [0.05, 0.1) is 11.3 Å². The van der Waals surface area contributed by atoms with Crippen molar-refractivity contribution in [2.75, 3.05) is 6.54 Å². The lowest BCUT2D eigenvalue weighted by atomic mass is 10.1. The zero-order valence-corrected chi connectivity index (χ0v) is 10.8. The molecule has 0 spiro atoms. The summed E-state index contributed by atoms with van der Waals surface area (Å²) in [7, 11) is 0. The molecule has 0 aliphatic heterocycles. The molecule has 4 nitrogen and oxygen atoms in total. The second-order valence-electron chi connectivity index (χ2n) is 4.32. The molecule has 0 aliphatic carbocycles. The van der Waals surface area contributed by atoms with E-state index in [1.165, 1.54) is 0 Å². The van der Waals surface area contributed by atoms with Gasteiger partial charge < -0.3 is 10.4 Å². The Labute approximate surface area is 103 Å². The third kappa shape index (κ3) is 2.55. The van der Waals surface area contributed by atoms with Crippen molar-refractivity contribution < 1.29 is 5.11 Å². The molecule has 2 aromatic heterocycles. The van der Waals surface area contributed by atoms with Gasteiger partial charge in [-0.05, 0) is 13.8 Å². The van der Waals surface area contributed by atoms with Gasteiger partial charge in [0.2, 0.25) is 0 Å². The Morgan fingerprint density at radius 2 is 2.38 bits per heavy atom. The third-order valence-corrected chi connectivity index (χ3v) is 3.22. The van der Waals surface area contributed by atoms with Crippen LogP contribution in [0.5, 0.6) is 0 Å². The van der Waals surface area contributed by atoms with Crippen LogP contribution in [0.3, 0.4) is 0 Å². The van der Waals surface area contributed by atoms with Crippen LogP contribution in [-0.4, -0.2) is 26.6 Å². The standard InChI is InChI=1S/C10H14ClN3OS/c1-10(2,15)6-12-5-7-8(11)13-9-14(7)3-4-16-9/h3-4,12,15H,5-6H2,1-2H3. The minimum Gasteiger partial charge on any atom is -0.389 e. The van der Waals surface area contributed by atoms with Crippen molar-refractivity contribution in [3.05, 3.63) is 22.4 Å². The Bertz CT molecular complexity index is 486. The van der Waals surface area contributed by atoms with Crippen LogP contribution in [-0.2, 0) is 6.54 Å². The normalized spacial score (nSPS) is 12.5. The first-order valence-electron chi connectivity index (χ1n) is 5.00. The zero-order valence-electron chi connectivity index (χ0n) is 9.20.